The zero-order valence-corrected chi connectivity index (χ0v) is 15.6. The Morgan fingerprint density at radius 3 is 2.32 bits per heavy atom. The van der Waals surface area contributed by atoms with E-state index in [1.165, 1.54) is 12.1 Å². The van der Waals surface area contributed by atoms with Crippen molar-refractivity contribution in [3.8, 4) is 11.5 Å². The fraction of sp³-hybridized carbons (Fsp3) is 0.389. The van der Waals surface area contributed by atoms with Crippen molar-refractivity contribution in [1.82, 2.24) is 4.98 Å². The van der Waals surface area contributed by atoms with Gasteiger partial charge in [0.05, 0.1) is 18.1 Å². The summed E-state index contributed by atoms with van der Waals surface area (Å²) >= 11 is 0. The lowest BCUT2D eigenvalue weighted by molar-refractivity contribution is 0.267. The zero-order chi connectivity index (χ0) is 18.3. The van der Waals surface area contributed by atoms with E-state index in [9.17, 15) is 8.42 Å². The lowest BCUT2D eigenvalue weighted by atomic mass is 10.3. The second-order valence-electron chi connectivity index (χ2n) is 5.63. The first-order chi connectivity index (χ1) is 12.0. The van der Waals surface area contributed by atoms with Gasteiger partial charge in [0.1, 0.15) is 5.82 Å². The molecule has 1 heterocycles. The molecule has 2 aromatic rings. The molecule has 0 saturated heterocycles. The number of nitrogens with one attached hydrogen (secondary N) is 1. The highest BCUT2D eigenvalue weighted by molar-refractivity contribution is 7.92. The minimum absolute atomic E-state index is 0.103. The van der Waals surface area contributed by atoms with Crippen LogP contribution in [-0.2, 0) is 10.0 Å². The molecule has 0 bridgehead atoms. The van der Waals surface area contributed by atoms with Crippen molar-refractivity contribution in [2.45, 2.75) is 38.5 Å². The highest BCUT2D eigenvalue weighted by atomic mass is 32.2. The third-order valence-corrected chi connectivity index (χ3v) is 4.66. The number of ether oxygens (including phenoxy) is 2. The van der Waals surface area contributed by atoms with Gasteiger partial charge in [0.2, 0.25) is 0 Å². The van der Waals surface area contributed by atoms with Crippen molar-refractivity contribution in [2.75, 3.05) is 17.9 Å². The van der Waals surface area contributed by atoms with E-state index in [4.69, 9.17) is 9.47 Å². The van der Waals surface area contributed by atoms with Crippen LogP contribution in [0.4, 0.5) is 5.82 Å². The van der Waals surface area contributed by atoms with Gasteiger partial charge < -0.3 is 9.47 Å². The van der Waals surface area contributed by atoms with Crippen molar-refractivity contribution >= 4 is 15.8 Å². The quantitative estimate of drug-likeness (QED) is 0.733. The second kappa shape index (κ2) is 8.71. The van der Waals surface area contributed by atoms with E-state index in [0.717, 1.165) is 18.4 Å². The minimum atomic E-state index is -3.76. The van der Waals surface area contributed by atoms with Crippen LogP contribution in [0.15, 0.2) is 41.4 Å². The molecule has 0 fully saturated rings. The van der Waals surface area contributed by atoms with Crippen molar-refractivity contribution < 1.29 is 17.9 Å². The number of aryl methyl sites for hydroxylation is 1. The van der Waals surface area contributed by atoms with Gasteiger partial charge in [-0.1, -0.05) is 13.8 Å². The van der Waals surface area contributed by atoms with Crippen LogP contribution in [0.25, 0.3) is 0 Å². The molecule has 0 saturated carbocycles. The van der Waals surface area contributed by atoms with E-state index in [0.29, 0.717) is 24.7 Å². The molecule has 136 valence electrons. The fourth-order valence-electron chi connectivity index (χ4n) is 2.10. The van der Waals surface area contributed by atoms with Crippen LogP contribution < -0.4 is 14.2 Å². The van der Waals surface area contributed by atoms with Gasteiger partial charge in [-0.2, -0.15) is 0 Å². The highest BCUT2D eigenvalue weighted by Crippen LogP contribution is 2.31. The first-order valence-corrected chi connectivity index (χ1v) is 9.79. The molecule has 25 heavy (non-hydrogen) atoms. The van der Waals surface area contributed by atoms with Gasteiger partial charge in [0.25, 0.3) is 10.0 Å². The summed E-state index contributed by atoms with van der Waals surface area (Å²) in [6, 6.07) is 8.08. The Morgan fingerprint density at radius 2 is 1.68 bits per heavy atom. The molecule has 7 heteroatoms. The van der Waals surface area contributed by atoms with Crippen molar-refractivity contribution in [1.29, 1.82) is 0 Å². The summed E-state index contributed by atoms with van der Waals surface area (Å²) < 4.78 is 39.0. The largest absolute Gasteiger partial charge is 0.490 e. The van der Waals surface area contributed by atoms with Crippen LogP contribution in [0.1, 0.15) is 32.3 Å². The van der Waals surface area contributed by atoms with Gasteiger partial charge in [0, 0.05) is 12.3 Å². The average Bonchev–Trinajstić information content (AvgIpc) is 2.58. The number of benzene rings is 1. The molecule has 0 aliphatic rings. The maximum atomic E-state index is 12.6. The highest BCUT2D eigenvalue weighted by Gasteiger charge is 2.18. The Labute approximate surface area is 149 Å². The molecule has 1 N–H and O–H groups in total. The summed E-state index contributed by atoms with van der Waals surface area (Å²) in [6.07, 6.45) is 3.23. The number of aromatic nitrogens is 1. The topological polar surface area (TPSA) is 77.5 Å². The molecule has 1 aromatic heterocycles. The summed E-state index contributed by atoms with van der Waals surface area (Å²) in [7, 11) is -3.76. The standard InChI is InChI=1S/C18H24N2O4S/c1-4-10-23-16-7-6-15(13-17(16)24-11-5-2)25(21,22)20-18-12-14(3)8-9-19-18/h6-9,12-13H,4-5,10-11H2,1-3H3,(H,19,20). The number of sulfonamides is 1. The van der Waals surface area contributed by atoms with E-state index in [-0.39, 0.29) is 10.7 Å². The molecule has 0 aliphatic heterocycles. The number of nitrogens with zero attached hydrogens (tertiary/aromatic N) is 1. The van der Waals surface area contributed by atoms with Crippen LogP contribution in [0, 0.1) is 6.92 Å². The van der Waals surface area contributed by atoms with Crippen molar-refractivity contribution in [3.05, 3.63) is 42.1 Å². The maximum Gasteiger partial charge on any atom is 0.263 e. The Morgan fingerprint density at radius 1 is 1.00 bits per heavy atom. The van der Waals surface area contributed by atoms with Gasteiger partial charge in [-0.3, -0.25) is 4.72 Å². The Bertz CT molecular complexity index is 806. The molecular weight excluding hydrogens is 340 g/mol. The van der Waals surface area contributed by atoms with E-state index < -0.39 is 10.0 Å². The summed E-state index contributed by atoms with van der Waals surface area (Å²) in [5, 5.41) is 0. The second-order valence-corrected chi connectivity index (χ2v) is 7.31. The smallest absolute Gasteiger partial charge is 0.263 e. The Hall–Kier alpha value is -2.28. The van der Waals surface area contributed by atoms with Crippen LogP contribution in [0.2, 0.25) is 0 Å². The molecule has 0 unspecified atom stereocenters. The first-order valence-electron chi connectivity index (χ1n) is 8.31. The molecule has 2 rings (SSSR count). The lowest BCUT2D eigenvalue weighted by Gasteiger charge is -2.14. The third-order valence-electron chi connectivity index (χ3n) is 3.30. The first kappa shape index (κ1) is 19.1. The summed E-state index contributed by atoms with van der Waals surface area (Å²) in [5.41, 5.74) is 0.919. The van der Waals surface area contributed by atoms with E-state index in [1.807, 2.05) is 20.8 Å². The van der Waals surface area contributed by atoms with Crippen LogP contribution in [0.3, 0.4) is 0 Å². The predicted octanol–water partition coefficient (Wildman–Crippen LogP) is 3.77. The summed E-state index contributed by atoms with van der Waals surface area (Å²) in [4.78, 5) is 4.14. The van der Waals surface area contributed by atoms with Gasteiger partial charge in [0.15, 0.2) is 11.5 Å². The number of anilines is 1. The van der Waals surface area contributed by atoms with Crippen LogP contribution >= 0.6 is 0 Å². The number of hydrogen-bond donors (Lipinski definition) is 1. The van der Waals surface area contributed by atoms with Crippen molar-refractivity contribution in [3.63, 3.8) is 0 Å². The SMILES string of the molecule is CCCOc1ccc(S(=O)(=O)Nc2cc(C)ccn2)cc1OCCC. The number of hydrogen-bond acceptors (Lipinski definition) is 5. The number of pyridine rings is 1. The van der Waals surface area contributed by atoms with Crippen molar-refractivity contribution in [2.24, 2.45) is 0 Å². The zero-order valence-electron chi connectivity index (χ0n) is 14.8. The molecule has 0 aliphatic carbocycles. The molecular formula is C18H24N2O4S. The average molecular weight is 364 g/mol. The van der Waals surface area contributed by atoms with Gasteiger partial charge in [-0.05, 0) is 49.6 Å². The van der Waals surface area contributed by atoms with E-state index in [2.05, 4.69) is 9.71 Å². The van der Waals surface area contributed by atoms with Crippen LogP contribution in [-0.4, -0.2) is 26.6 Å². The Kier molecular flexibility index (Phi) is 6.64. The summed E-state index contributed by atoms with van der Waals surface area (Å²) in [5.74, 6) is 1.25. The predicted molar refractivity (Wildman–Crippen MR) is 97.8 cm³/mol. The lowest BCUT2D eigenvalue weighted by Crippen LogP contribution is -2.14. The normalized spacial score (nSPS) is 11.2. The van der Waals surface area contributed by atoms with E-state index >= 15 is 0 Å². The summed E-state index contributed by atoms with van der Waals surface area (Å²) in [6.45, 7) is 6.89. The molecule has 0 atom stereocenters. The Balaban J connectivity index is 2.29. The van der Waals surface area contributed by atoms with Gasteiger partial charge in [-0.15, -0.1) is 0 Å². The van der Waals surface area contributed by atoms with Crippen LogP contribution in [0.5, 0.6) is 11.5 Å². The number of rotatable bonds is 9. The molecule has 0 spiro atoms. The van der Waals surface area contributed by atoms with Gasteiger partial charge >= 0.3 is 0 Å². The van der Waals surface area contributed by atoms with Gasteiger partial charge in [-0.25, -0.2) is 13.4 Å². The molecule has 1 aromatic carbocycles. The van der Waals surface area contributed by atoms with E-state index in [1.54, 1.807) is 24.4 Å². The monoisotopic (exact) mass is 364 g/mol. The fourth-order valence-corrected chi connectivity index (χ4v) is 3.11. The third kappa shape index (κ3) is 5.35. The maximum absolute atomic E-state index is 12.6. The minimum Gasteiger partial charge on any atom is -0.490 e. The molecule has 0 amide bonds. The molecule has 0 radical (unpaired) electrons. The molecule has 6 nitrogen and oxygen atoms in total.